The zero-order valence-electron chi connectivity index (χ0n) is 14.0. The van der Waals surface area contributed by atoms with Crippen molar-refractivity contribution in [3.8, 4) is 11.5 Å². The number of phenolic OH excluding ortho intramolecular Hbond substituents is 2. The molecule has 0 saturated heterocycles. The van der Waals surface area contributed by atoms with E-state index in [1.807, 2.05) is 24.3 Å². The summed E-state index contributed by atoms with van der Waals surface area (Å²) in [7, 11) is -3.43. The van der Waals surface area contributed by atoms with Crippen molar-refractivity contribution in [1.29, 1.82) is 0 Å². The van der Waals surface area contributed by atoms with Gasteiger partial charge in [-0.05, 0) is 40.3 Å². The highest BCUT2D eigenvalue weighted by molar-refractivity contribution is 7.93. The van der Waals surface area contributed by atoms with Gasteiger partial charge in [0.25, 0.3) is 0 Å². The third-order valence-electron chi connectivity index (χ3n) is 3.66. The van der Waals surface area contributed by atoms with E-state index >= 15 is 0 Å². The van der Waals surface area contributed by atoms with Crippen LogP contribution in [0.4, 0.5) is 0 Å². The van der Waals surface area contributed by atoms with Crippen molar-refractivity contribution in [3.63, 3.8) is 0 Å². The van der Waals surface area contributed by atoms with Gasteiger partial charge in [0.1, 0.15) is 0 Å². The number of rotatable bonds is 4. The Labute approximate surface area is 143 Å². The first-order chi connectivity index (χ1) is 11.1. The second-order valence-corrected chi connectivity index (χ2v) is 8.69. The van der Waals surface area contributed by atoms with Gasteiger partial charge in [-0.25, -0.2) is 8.42 Å². The molecule has 2 rings (SSSR count). The number of aromatic hydroxyl groups is 2. The summed E-state index contributed by atoms with van der Waals surface area (Å²) in [6, 6.07) is 11.7. The average molecular weight is 346 g/mol. The van der Waals surface area contributed by atoms with Crippen LogP contribution in [0.25, 0.3) is 6.08 Å². The maximum absolute atomic E-state index is 12.2. The van der Waals surface area contributed by atoms with E-state index in [4.69, 9.17) is 0 Å². The predicted molar refractivity (Wildman–Crippen MR) is 96.6 cm³/mol. The van der Waals surface area contributed by atoms with Crippen LogP contribution in [0, 0.1) is 0 Å². The highest BCUT2D eigenvalue weighted by atomic mass is 32.2. The van der Waals surface area contributed by atoms with Crippen molar-refractivity contribution in [2.24, 2.45) is 0 Å². The highest BCUT2D eigenvalue weighted by Crippen LogP contribution is 2.26. The highest BCUT2D eigenvalue weighted by Gasteiger charge is 2.14. The standard InChI is InChI=1S/C19H22O4S/c1-19(2,3)16-7-4-15(5-8-16)13-24(22,23)11-10-14-6-9-17(20)18(21)12-14/h4-12,20-21H,13H2,1-3H3. The number of hydrogen-bond donors (Lipinski definition) is 2. The Morgan fingerprint density at radius 3 is 2.12 bits per heavy atom. The number of benzene rings is 2. The molecule has 0 unspecified atom stereocenters. The second kappa shape index (κ2) is 6.69. The summed E-state index contributed by atoms with van der Waals surface area (Å²) in [6.45, 7) is 6.32. The minimum absolute atomic E-state index is 0.0260. The summed E-state index contributed by atoms with van der Waals surface area (Å²) in [4.78, 5) is 0. The maximum atomic E-state index is 12.2. The van der Waals surface area contributed by atoms with E-state index in [1.165, 1.54) is 24.3 Å². The molecule has 0 radical (unpaired) electrons. The lowest BCUT2D eigenvalue weighted by Crippen LogP contribution is -2.11. The van der Waals surface area contributed by atoms with Crippen LogP contribution in [-0.4, -0.2) is 18.6 Å². The summed E-state index contributed by atoms with van der Waals surface area (Å²) in [5.74, 6) is -0.612. The molecule has 0 amide bonds. The fourth-order valence-electron chi connectivity index (χ4n) is 2.21. The van der Waals surface area contributed by atoms with E-state index in [1.54, 1.807) is 0 Å². The van der Waals surface area contributed by atoms with Crippen LogP contribution in [0.5, 0.6) is 11.5 Å². The van der Waals surface area contributed by atoms with E-state index in [0.717, 1.165) is 16.5 Å². The first-order valence-corrected chi connectivity index (χ1v) is 9.31. The van der Waals surface area contributed by atoms with Crippen LogP contribution < -0.4 is 0 Å². The second-order valence-electron chi connectivity index (χ2n) is 6.81. The summed E-state index contributed by atoms with van der Waals surface area (Å²) in [5.41, 5.74) is 2.40. The lowest BCUT2D eigenvalue weighted by atomic mass is 9.87. The topological polar surface area (TPSA) is 74.6 Å². The van der Waals surface area contributed by atoms with Gasteiger partial charge >= 0.3 is 0 Å². The van der Waals surface area contributed by atoms with Crippen LogP contribution in [-0.2, 0) is 21.0 Å². The fourth-order valence-corrected chi connectivity index (χ4v) is 3.33. The molecule has 0 aliphatic heterocycles. The molecule has 5 heteroatoms. The molecule has 4 nitrogen and oxygen atoms in total. The van der Waals surface area contributed by atoms with Crippen LogP contribution in [0.1, 0.15) is 37.5 Å². The van der Waals surface area contributed by atoms with Crippen LogP contribution in [0.2, 0.25) is 0 Å². The van der Waals surface area contributed by atoms with Gasteiger partial charge in [-0.1, -0.05) is 51.1 Å². The Morgan fingerprint density at radius 1 is 0.958 bits per heavy atom. The summed E-state index contributed by atoms with van der Waals surface area (Å²) in [6.07, 6.45) is 1.40. The van der Waals surface area contributed by atoms with Gasteiger partial charge in [-0.15, -0.1) is 0 Å². The third kappa shape index (κ3) is 4.86. The van der Waals surface area contributed by atoms with Crippen LogP contribution in [0.3, 0.4) is 0 Å². The predicted octanol–water partition coefficient (Wildman–Crippen LogP) is 3.98. The Morgan fingerprint density at radius 2 is 1.58 bits per heavy atom. The first-order valence-electron chi connectivity index (χ1n) is 7.59. The summed E-state index contributed by atoms with van der Waals surface area (Å²) >= 11 is 0. The molecule has 0 bridgehead atoms. The minimum atomic E-state index is -3.43. The molecule has 0 saturated carbocycles. The normalized spacial score (nSPS) is 12.6. The smallest absolute Gasteiger partial charge is 0.175 e. The van der Waals surface area contributed by atoms with E-state index in [0.29, 0.717) is 5.56 Å². The molecular weight excluding hydrogens is 324 g/mol. The molecule has 128 valence electrons. The number of sulfone groups is 1. The molecule has 0 aliphatic carbocycles. The average Bonchev–Trinajstić information content (AvgIpc) is 2.48. The van der Waals surface area contributed by atoms with Gasteiger partial charge in [-0.3, -0.25) is 0 Å². The van der Waals surface area contributed by atoms with Gasteiger partial charge in [0.15, 0.2) is 21.3 Å². The molecule has 0 heterocycles. The van der Waals surface area contributed by atoms with Crippen LogP contribution in [0.15, 0.2) is 47.9 Å². The molecule has 2 N–H and O–H groups in total. The van der Waals surface area contributed by atoms with E-state index in [-0.39, 0.29) is 22.7 Å². The Hall–Kier alpha value is -2.27. The largest absolute Gasteiger partial charge is 0.504 e. The summed E-state index contributed by atoms with van der Waals surface area (Å²) < 4.78 is 24.4. The monoisotopic (exact) mass is 346 g/mol. The van der Waals surface area contributed by atoms with Gasteiger partial charge in [0.2, 0.25) is 0 Å². The molecule has 0 aliphatic rings. The van der Waals surface area contributed by atoms with Crippen LogP contribution >= 0.6 is 0 Å². The van der Waals surface area contributed by atoms with Gasteiger partial charge in [0, 0.05) is 5.41 Å². The van der Waals surface area contributed by atoms with Crippen molar-refractivity contribution >= 4 is 15.9 Å². The zero-order valence-corrected chi connectivity index (χ0v) is 14.8. The molecular formula is C19H22O4S. The van der Waals surface area contributed by atoms with Crippen molar-refractivity contribution in [2.45, 2.75) is 31.9 Å². The molecule has 0 aromatic heterocycles. The number of phenols is 2. The van der Waals surface area contributed by atoms with Gasteiger partial charge < -0.3 is 10.2 Å². The molecule has 0 fully saturated rings. The fraction of sp³-hybridized carbons (Fsp3) is 0.263. The lowest BCUT2D eigenvalue weighted by Gasteiger charge is -2.19. The Balaban J connectivity index is 2.13. The zero-order chi connectivity index (χ0) is 18.0. The third-order valence-corrected chi connectivity index (χ3v) is 4.94. The lowest BCUT2D eigenvalue weighted by molar-refractivity contribution is 0.403. The van der Waals surface area contributed by atoms with E-state index < -0.39 is 9.84 Å². The molecule has 0 atom stereocenters. The molecule has 24 heavy (non-hydrogen) atoms. The van der Waals surface area contributed by atoms with Crippen molar-refractivity contribution in [3.05, 3.63) is 64.6 Å². The minimum Gasteiger partial charge on any atom is -0.504 e. The molecule has 0 spiro atoms. The number of hydrogen-bond acceptors (Lipinski definition) is 4. The first kappa shape index (κ1) is 18.1. The van der Waals surface area contributed by atoms with Gasteiger partial charge in [0.05, 0.1) is 5.75 Å². The maximum Gasteiger partial charge on any atom is 0.175 e. The van der Waals surface area contributed by atoms with E-state index in [2.05, 4.69) is 20.8 Å². The van der Waals surface area contributed by atoms with Gasteiger partial charge in [-0.2, -0.15) is 0 Å². The Bertz CT molecular complexity index is 842. The van der Waals surface area contributed by atoms with Crippen molar-refractivity contribution in [1.82, 2.24) is 0 Å². The van der Waals surface area contributed by atoms with E-state index in [9.17, 15) is 18.6 Å². The van der Waals surface area contributed by atoms with Crippen molar-refractivity contribution < 1.29 is 18.6 Å². The quantitative estimate of drug-likeness (QED) is 0.821. The SMILES string of the molecule is CC(C)(C)c1ccc(CS(=O)(=O)C=Cc2ccc(O)c(O)c2)cc1. The Kier molecular flexibility index (Phi) is 5.04. The molecule has 2 aromatic carbocycles. The van der Waals surface area contributed by atoms with Crippen molar-refractivity contribution in [2.75, 3.05) is 0 Å². The summed E-state index contributed by atoms with van der Waals surface area (Å²) in [5, 5.41) is 19.8. The molecule has 2 aromatic rings.